The van der Waals surface area contributed by atoms with Crippen LogP contribution in [-0.4, -0.2) is 26.6 Å². The number of hydrogen-bond acceptors (Lipinski definition) is 1. The molecule has 0 radical (unpaired) electrons. The van der Waals surface area contributed by atoms with Crippen LogP contribution < -0.4 is 10.6 Å². The highest BCUT2D eigenvalue weighted by molar-refractivity contribution is 5.79. The lowest BCUT2D eigenvalue weighted by Crippen LogP contribution is -2.46. The first-order valence-corrected chi connectivity index (χ1v) is 7.66. The van der Waals surface area contributed by atoms with Gasteiger partial charge in [0.25, 0.3) is 0 Å². The molecule has 3 heteroatoms. The summed E-state index contributed by atoms with van der Waals surface area (Å²) in [7, 11) is 3.73. The summed E-state index contributed by atoms with van der Waals surface area (Å²) in [4.78, 5) is 4.23. The number of hydrogen-bond donors (Lipinski definition) is 2. The van der Waals surface area contributed by atoms with Gasteiger partial charge >= 0.3 is 0 Å². The quantitative estimate of drug-likeness (QED) is 0.656. The van der Waals surface area contributed by atoms with Gasteiger partial charge < -0.3 is 10.6 Å². The van der Waals surface area contributed by atoms with E-state index in [0.29, 0.717) is 0 Å². The number of rotatable bonds is 3. The van der Waals surface area contributed by atoms with Crippen LogP contribution in [0.3, 0.4) is 0 Å². The van der Waals surface area contributed by atoms with Crippen LogP contribution in [0.4, 0.5) is 0 Å². The third kappa shape index (κ3) is 3.14. The van der Waals surface area contributed by atoms with Gasteiger partial charge in [-0.25, -0.2) is 0 Å². The molecule has 0 spiro atoms. The number of nitrogens with one attached hydrogen (secondary N) is 2. The molecule has 110 valence electrons. The lowest BCUT2D eigenvalue weighted by atomic mass is 9.68. The predicted octanol–water partition coefficient (Wildman–Crippen LogP) is 2.99. The molecule has 0 aromatic heterocycles. The van der Waals surface area contributed by atoms with E-state index >= 15 is 0 Å². The molecule has 2 rings (SSSR count). The molecule has 20 heavy (non-hydrogen) atoms. The maximum Gasteiger partial charge on any atom is 0.190 e. The summed E-state index contributed by atoms with van der Waals surface area (Å²) in [6.07, 6.45) is 6.56. The molecule has 0 atom stereocenters. The van der Waals surface area contributed by atoms with E-state index in [1.807, 2.05) is 14.1 Å². The first-order valence-electron chi connectivity index (χ1n) is 7.66. The van der Waals surface area contributed by atoms with Crippen LogP contribution in [0.1, 0.15) is 43.2 Å². The van der Waals surface area contributed by atoms with Crippen LogP contribution in [0.15, 0.2) is 29.3 Å². The molecule has 1 aromatic carbocycles. The highest BCUT2D eigenvalue weighted by Gasteiger charge is 2.34. The van der Waals surface area contributed by atoms with E-state index < -0.39 is 0 Å². The Hall–Kier alpha value is -1.51. The van der Waals surface area contributed by atoms with Crippen LogP contribution in [0, 0.1) is 6.92 Å². The molecule has 1 aliphatic rings. The highest BCUT2D eigenvalue weighted by atomic mass is 15.2. The van der Waals surface area contributed by atoms with E-state index in [4.69, 9.17) is 0 Å². The summed E-state index contributed by atoms with van der Waals surface area (Å²) >= 11 is 0. The Labute approximate surface area is 122 Å². The van der Waals surface area contributed by atoms with Crippen molar-refractivity contribution in [3.8, 4) is 0 Å². The molecule has 2 N–H and O–H groups in total. The van der Waals surface area contributed by atoms with Gasteiger partial charge in [-0.05, 0) is 30.9 Å². The maximum atomic E-state index is 4.23. The predicted molar refractivity (Wildman–Crippen MR) is 86.4 cm³/mol. The zero-order valence-electron chi connectivity index (χ0n) is 13.0. The third-order valence-electron chi connectivity index (χ3n) is 4.58. The minimum absolute atomic E-state index is 0.260. The van der Waals surface area contributed by atoms with Gasteiger partial charge in [0.05, 0.1) is 0 Å². The summed E-state index contributed by atoms with van der Waals surface area (Å²) < 4.78 is 0. The first-order chi connectivity index (χ1) is 9.72. The van der Waals surface area contributed by atoms with Gasteiger partial charge in [-0.1, -0.05) is 43.5 Å². The van der Waals surface area contributed by atoms with Gasteiger partial charge in [0.2, 0.25) is 0 Å². The molecule has 0 unspecified atom stereocenters. The van der Waals surface area contributed by atoms with Crippen molar-refractivity contribution in [1.29, 1.82) is 0 Å². The molecule has 1 saturated carbocycles. The van der Waals surface area contributed by atoms with Crippen LogP contribution in [0.25, 0.3) is 0 Å². The lowest BCUT2D eigenvalue weighted by molar-refractivity contribution is 0.290. The molecule has 1 aromatic rings. The topological polar surface area (TPSA) is 36.4 Å². The molecule has 0 bridgehead atoms. The molecule has 0 aliphatic heterocycles. The van der Waals surface area contributed by atoms with Crippen LogP contribution in [0.5, 0.6) is 0 Å². The zero-order valence-corrected chi connectivity index (χ0v) is 13.0. The summed E-state index contributed by atoms with van der Waals surface area (Å²) in [6.45, 7) is 3.20. The minimum Gasteiger partial charge on any atom is -0.359 e. The fraction of sp³-hybridized carbons (Fsp3) is 0.588. The van der Waals surface area contributed by atoms with Gasteiger partial charge in [-0.2, -0.15) is 0 Å². The second kappa shape index (κ2) is 6.78. The first kappa shape index (κ1) is 14.9. The monoisotopic (exact) mass is 273 g/mol. The van der Waals surface area contributed by atoms with E-state index in [1.54, 1.807) is 0 Å². The van der Waals surface area contributed by atoms with Crippen molar-refractivity contribution >= 4 is 5.96 Å². The van der Waals surface area contributed by atoms with Crippen molar-refractivity contribution in [3.05, 3.63) is 35.4 Å². The van der Waals surface area contributed by atoms with Crippen molar-refractivity contribution in [3.63, 3.8) is 0 Å². The van der Waals surface area contributed by atoms with Crippen molar-refractivity contribution in [2.75, 3.05) is 20.6 Å². The molecule has 0 heterocycles. The molecule has 0 saturated heterocycles. The van der Waals surface area contributed by atoms with Crippen LogP contribution in [0.2, 0.25) is 0 Å². The summed E-state index contributed by atoms with van der Waals surface area (Å²) in [5, 5.41) is 6.61. The maximum absolute atomic E-state index is 4.23. The van der Waals surface area contributed by atoms with Crippen LogP contribution in [-0.2, 0) is 5.41 Å². The average molecular weight is 273 g/mol. The van der Waals surface area contributed by atoms with Crippen molar-refractivity contribution < 1.29 is 0 Å². The van der Waals surface area contributed by atoms with E-state index in [9.17, 15) is 0 Å². The lowest BCUT2D eigenvalue weighted by Gasteiger charge is -2.39. The van der Waals surface area contributed by atoms with Crippen molar-refractivity contribution in [2.45, 2.75) is 44.4 Å². The van der Waals surface area contributed by atoms with E-state index in [1.165, 1.54) is 43.2 Å². The second-order valence-electron chi connectivity index (χ2n) is 5.83. The summed E-state index contributed by atoms with van der Waals surface area (Å²) in [5.41, 5.74) is 3.19. The SMILES string of the molecule is CN=C(NC)NCC1(c2ccccc2C)CCCCC1. The Balaban J connectivity index is 2.24. The number of guanidine groups is 1. The van der Waals surface area contributed by atoms with Crippen LogP contribution >= 0.6 is 0 Å². The summed E-state index contributed by atoms with van der Waals surface area (Å²) in [5.74, 6) is 0.878. The van der Waals surface area contributed by atoms with E-state index in [0.717, 1.165) is 12.5 Å². The molecular weight excluding hydrogens is 246 g/mol. The molecule has 1 aliphatic carbocycles. The Bertz CT molecular complexity index is 459. The Morgan fingerprint density at radius 1 is 1.20 bits per heavy atom. The number of nitrogens with zero attached hydrogens (tertiary/aromatic N) is 1. The zero-order chi connectivity index (χ0) is 14.4. The fourth-order valence-electron chi connectivity index (χ4n) is 3.47. The normalized spacial score (nSPS) is 18.6. The number of aliphatic imine (C=N–C) groups is 1. The number of benzene rings is 1. The number of aryl methyl sites for hydroxylation is 1. The van der Waals surface area contributed by atoms with E-state index in [2.05, 4.69) is 46.8 Å². The molecule has 3 nitrogen and oxygen atoms in total. The van der Waals surface area contributed by atoms with Crippen molar-refractivity contribution in [2.24, 2.45) is 4.99 Å². The highest BCUT2D eigenvalue weighted by Crippen LogP contribution is 2.40. The molecular formula is C17H27N3. The van der Waals surface area contributed by atoms with Gasteiger partial charge in [-0.15, -0.1) is 0 Å². The Kier molecular flexibility index (Phi) is 5.05. The van der Waals surface area contributed by atoms with E-state index in [-0.39, 0.29) is 5.41 Å². The fourth-order valence-corrected chi connectivity index (χ4v) is 3.47. The standard InChI is InChI=1S/C17H27N3/c1-14-9-5-6-10-15(14)17(11-7-4-8-12-17)13-20-16(18-2)19-3/h5-6,9-10H,4,7-8,11-13H2,1-3H3,(H2,18,19,20). The third-order valence-corrected chi connectivity index (χ3v) is 4.58. The van der Waals surface area contributed by atoms with Gasteiger partial charge in [-0.3, -0.25) is 4.99 Å². The largest absolute Gasteiger partial charge is 0.359 e. The minimum atomic E-state index is 0.260. The summed E-state index contributed by atoms with van der Waals surface area (Å²) in [6, 6.07) is 8.85. The van der Waals surface area contributed by atoms with Crippen molar-refractivity contribution in [1.82, 2.24) is 10.6 Å². The molecule has 0 amide bonds. The average Bonchev–Trinajstić information content (AvgIpc) is 2.49. The smallest absolute Gasteiger partial charge is 0.190 e. The Morgan fingerprint density at radius 2 is 1.90 bits per heavy atom. The second-order valence-corrected chi connectivity index (χ2v) is 5.83. The molecule has 1 fully saturated rings. The Morgan fingerprint density at radius 3 is 2.50 bits per heavy atom. The van der Waals surface area contributed by atoms with Gasteiger partial charge in [0.1, 0.15) is 0 Å². The van der Waals surface area contributed by atoms with Gasteiger partial charge in [0, 0.05) is 26.1 Å². The van der Waals surface area contributed by atoms with Gasteiger partial charge in [0.15, 0.2) is 5.96 Å².